The van der Waals surface area contributed by atoms with E-state index in [1.54, 1.807) is 13.2 Å². The fourth-order valence-electron chi connectivity index (χ4n) is 1.77. The fraction of sp³-hybridized carbons (Fsp3) is 0.692. The van der Waals surface area contributed by atoms with Crippen molar-refractivity contribution >= 4 is 10.0 Å². The zero-order valence-corrected chi connectivity index (χ0v) is 13.1. The second-order valence-corrected chi connectivity index (χ2v) is 6.36. The predicted octanol–water partition coefficient (Wildman–Crippen LogP) is 1.22. The molecule has 0 saturated carbocycles. The molecule has 3 N–H and O–H groups in total. The number of hydrogen-bond acceptors (Lipinski definition) is 4. The monoisotopic (exact) mass is 303 g/mol. The summed E-state index contributed by atoms with van der Waals surface area (Å²) in [4.78, 5) is 3.26. The van der Waals surface area contributed by atoms with Crippen molar-refractivity contribution in [3.8, 4) is 0 Å². The first-order valence-corrected chi connectivity index (χ1v) is 8.45. The molecule has 1 aromatic heterocycles. The summed E-state index contributed by atoms with van der Waals surface area (Å²) in [5.41, 5.74) is 0.868. The zero-order valence-electron chi connectivity index (χ0n) is 12.2. The lowest BCUT2D eigenvalue weighted by Crippen LogP contribution is -2.24. The van der Waals surface area contributed by atoms with Crippen LogP contribution in [0.25, 0.3) is 0 Å². The number of hydrogen-bond donors (Lipinski definition) is 3. The summed E-state index contributed by atoms with van der Waals surface area (Å²) in [6, 6.07) is 1.66. The number of sulfonamides is 1. The maximum atomic E-state index is 12.0. The van der Waals surface area contributed by atoms with Gasteiger partial charge in [0.05, 0.1) is 4.90 Å². The van der Waals surface area contributed by atoms with Gasteiger partial charge in [-0.3, -0.25) is 0 Å². The molecule has 0 fully saturated rings. The van der Waals surface area contributed by atoms with Gasteiger partial charge in [-0.1, -0.05) is 6.92 Å². The van der Waals surface area contributed by atoms with Crippen LogP contribution in [0.3, 0.4) is 0 Å². The van der Waals surface area contributed by atoms with Crippen molar-refractivity contribution in [3.05, 3.63) is 18.0 Å². The lowest BCUT2D eigenvalue weighted by atomic mass is 10.2. The van der Waals surface area contributed by atoms with Crippen LogP contribution in [0.4, 0.5) is 0 Å². The Morgan fingerprint density at radius 3 is 2.80 bits per heavy atom. The molecular weight excluding hydrogens is 278 g/mol. The van der Waals surface area contributed by atoms with Gasteiger partial charge in [-0.25, -0.2) is 13.1 Å². The molecule has 0 aliphatic heterocycles. The van der Waals surface area contributed by atoms with Gasteiger partial charge < -0.3 is 15.0 Å². The van der Waals surface area contributed by atoms with E-state index in [-0.39, 0.29) is 0 Å². The van der Waals surface area contributed by atoms with Crippen molar-refractivity contribution in [2.45, 2.75) is 37.6 Å². The highest BCUT2D eigenvalue weighted by Gasteiger charge is 2.14. The predicted molar refractivity (Wildman–Crippen MR) is 79.1 cm³/mol. The number of rotatable bonds is 11. The van der Waals surface area contributed by atoms with Gasteiger partial charge in [0.15, 0.2) is 0 Å². The molecule has 0 spiro atoms. The molecule has 7 heteroatoms. The quantitative estimate of drug-likeness (QED) is 0.537. The summed E-state index contributed by atoms with van der Waals surface area (Å²) < 4.78 is 31.6. The molecule has 0 radical (unpaired) electrons. The van der Waals surface area contributed by atoms with Crippen molar-refractivity contribution in [1.82, 2.24) is 15.0 Å². The Balaban J connectivity index is 2.38. The van der Waals surface area contributed by atoms with Crippen molar-refractivity contribution < 1.29 is 13.2 Å². The van der Waals surface area contributed by atoms with E-state index in [2.05, 4.69) is 15.0 Å². The van der Waals surface area contributed by atoms with Crippen LogP contribution in [0, 0.1) is 0 Å². The van der Waals surface area contributed by atoms with Gasteiger partial charge in [0.1, 0.15) is 0 Å². The number of methoxy groups -OCH3 is 1. The summed E-state index contributed by atoms with van der Waals surface area (Å²) in [6.45, 7) is 4.67. The second kappa shape index (κ2) is 9.12. The van der Waals surface area contributed by atoms with Crippen LogP contribution in [-0.4, -0.2) is 40.2 Å². The molecule has 0 amide bonds. The van der Waals surface area contributed by atoms with E-state index in [1.165, 1.54) is 6.20 Å². The standard InChI is InChI=1S/C13H25N3O3S/c1-3-14-10-12-9-13(11-15-12)20(17,18)16-7-5-4-6-8-19-2/h9,11,14-16H,3-8,10H2,1-2H3. The number of aromatic nitrogens is 1. The second-order valence-electron chi connectivity index (χ2n) is 4.59. The van der Waals surface area contributed by atoms with Gasteiger partial charge in [0.25, 0.3) is 0 Å². The summed E-state index contributed by atoms with van der Waals surface area (Å²) in [6.07, 6.45) is 4.25. The Kier molecular flexibility index (Phi) is 7.83. The molecule has 6 nitrogen and oxygen atoms in total. The molecule has 20 heavy (non-hydrogen) atoms. The van der Waals surface area contributed by atoms with E-state index in [0.717, 1.165) is 38.1 Å². The maximum Gasteiger partial charge on any atom is 0.242 e. The van der Waals surface area contributed by atoms with Crippen LogP contribution in [0.15, 0.2) is 17.2 Å². The van der Waals surface area contributed by atoms with Gasteiger partial charge in [0, 0.05) is 38.7 Å². The molecule has 1 aromatic rings. The third-order valence-electron chi connectivity index (χ3n) is 2.91. The largest absolute Gasteiger partial charge is 0.385 e. The molecule has 0 aliphatic carbocycles. The molecule has 0 aliphatic rings. The van der Waals surface area contributed by atoms with Crippen molar-refractivity contribution in [3.63, 3.8) is 0 Å². The Morgan fingerprint density at radius 2 is 2.10 bits per heavy atom. The summed E-state index contributed by atoms with van der Waals surface area (Å²) in [5, 5.41) is 3.14. The molecule has 116 valence electrons. The fourth-order valence-corrected chi connectivity index (χ4v) is 2.87. The van der Waals surface area contributed by atoms with Crippen LogP contribution in [0.1, 0.15) is 31.9 Å². The summed E-state index contributed by atoms with van der Waals surface area (Å²) in [7, 11) is -1.73. The molecule has 0 aromatic carbocycles. The zero-order chi connectivity index (χ0) is 14.8. The van der Waals surface area contributed by atoms with Gasteiger partial charge in [0.2, 0.25) is 10.0 Å². The van der Waals surface area contributed by atoms with Gasteiger partial charge >= 0.3 is 0 Å². The van der Waals surface area contributed by atoms with Crippen LogP contribution in [-0.2, 0) is 21.3 Å². The van der Waals surface area contributed by atoms with Crippen LogP contribution >= 0.6 is 0 Å². The average Bonchev–Trinajstić information content (AvgIpc) is 2.90. The SMILES string of the molecule is CCNCc1cc(S(=O)(=O)NCCCCCOC)c[nH]1. The molecular formula is C13H25N3O3S. The molecule has 0 unspecified atom stereocenters. The van der Waals surface area contributed by atoms with Crippen LogP contribution in [0.5, 0.6) is 0 Å². The molecule has 1 heterocycles. The van der Waals surface area contributed by atoms with E-state index in [1.807, 2.05) is 6.92 Å². The minimum atomic E-state index is -3.40. The summed E-state index contributed by atoms with van der Waals surface area (Å²) in [5.74, 6) is 0. The normalized spacial score (nSPS) is 11.9. The highest BCUT2D eigenvalue weighted by Crippen LogP contribution is 2.10. The van der Waals surface area contributed by atoms with E-state index >= 15 is 0 Å². The Hall–Kier alpha value is -0.890. The average molecular weight is 303 g/mol. The summed E-state index contributed by atoms with van der Waals surface area (Å²) >= 11 is 0. The van der Waals surface area contributed by atoms with Crippen molar-refractivity contribution in [1.29, 1.82) is 0 Å². The molecule has 0 saturated heterocycles. The number of nitrogens with one attached hydrogen (secondary N) is 3. The topological polar surface area (TPSA) is 83.2 Å². The Bertz CT molecular complexity index is 471. The number of H-pyrrole nitrogens is 1. The first-order valence-electron chi connectivity index (χ1n) is 6.96. The van der Waals surface area contributed by atoms with Crippen molar-refractivity contribution in [2.75, 3.05) is 26.8 Å². The van der Waals surface area contributed by atoms with Crippen molar-refractivity contribution in [2.24, 2.45) is 0 Å². The molecule has 0 atom stereocenters. The Morgan fingerprint density at radius 1 is 1.30 bits per heavy atom. The van der Waals surface area contributed by atoms with Crippen LogP contribution in [0.2, 0.25) is 0 Å². The van der Waals surface area contributed by atoms with Gasteiger partial charge in [-0.05, 0) is 31.9 Å². The number of aromatic amines is 1. The lowest BCUT2D eigenvalue weighted by Gasteiger charge is -2.04. The minimum Gasteiger partial charge on any atom is -0.385 e. The maximum absolute atomic E-state index is 12.0. The highest BCUT2D eigenvalue weighted by atomic mass is 32.2. The first-order chi connectivity index (χ1) is 9.60. The lowest BCUT2D eigenvalue weighted by molar-refractivity contribution is 0.192. The third-order valence-corrected chi connectivity index (χ3v) is 4.35. The number of ether oxygens (including phenoxy) is 1. The van der Waals surface area contributed by atoms with E-state index in [9.17, 15) is 8.42 Å². The van der Waals surface area contributed by atoms with Gasteiger partial charge in [-0.15, -0.1) is 0 Å². The van der Waals surface area contributed by atoms with E-state index in [0.29, 0.717) is 18.0 Å². The van der Waals surface area contributed by atoms with Crippen LogP contribution < -0.4 is 10.0 Å². The third kappa shape index (κ3) is 6.04. The molecule has 0 bridgehead atoms. The first kappa shape index (κ1) is 17.2. The smallest absolute Gasteiger partial charge is 0.242 e. The van der Waals surface area contributed by atoms with E-state index in [4.69, 9.17) is 4.74 Å². The van der Waals surface area contributed by atoms with E-state index < -0.39 is 10.0 Å². The Labute approximate surface area is 121 Å². The van der Waals surface area contributed by atoms with Gasteiger partial charge in [-0.2, -0.15) is 0 Å². The minimum absolute atomic E-state index is 0.294. The molecule has 1 rings (SSSR count). The number of unbranched alkanes of at least 4 members (excludes halogenated alkanes) is 2. The highest BCUT2D eigenvalue weighted by molar-refractivity contribution is 7.89.